The van der Waals surface area contributed by atoms with E-state index < -0.39 is 5.82 Å². The highest BCUT2D eigenvalue weighted by molar-refractivity contribution is 5.98. The van der Waals surface area contributed by atoms with Crippen molar-refractivity contribution in [1.82, 2.24) is 5.32 Å². The Kier molecular flexibility index (Phi) is 3.54. The van der Waals surface area contributed by atoms with Gasteiger partial charge in [-0.05, 0) is 43.4 Å². The van der Waals surface area contributed by atoms with Crippen LogP contribution in [0.25, 0.3) is 0 Å². The molecular formula is C16H17FN2O. The molecule has 2 saturated heterocycles. The number of nitrogens with zero attached hydrogens (tertiary/aromatic N) is 1. The van der Waals surface area contributed by atoms with Crippen molar-refractivity contribution in [3.8, 4) is 6.07 Å². The first-order chi connectivity index (χ1) is 9.67. The minimum absolute atomic E-state index is 0.0648. The molecule has 2 unspecified atom stereocenters. The van der Waals surface area contributed by atoms with Gasteiger partial charge >= 0.3 is 0 Å². The summed E-state index contributed by atoms with van der Waals surface area (Å²) in [4.78, 5) is 12.5. The van der Waals surface area contributed by atoms with Gasteiger partial charge in [0.2, 0.25) is 0 Å². The number of halogens is 1. The fourth-order valence-corrected chi connectivity index (χ4v) is 3.45. The third kappa shape index (κ3) is 2.46. The Balaban J connectivity index is 1.79. The zero-order valence-electron chi connectivity index (χ0n) is 11.2. The van der Waals surface area contributed by atoms with Gasteiger partial charge in [0.1, 0.15) is 5.82 Å². The first-order valence-corrected chi connectivity index (χ1v) is 7.13. The van der Waals surface area contributed by atoms with Crippen LogP contribution < -0.4 is 5.32 Å². The Labute approximate surface area is 117 Å². The second kappa shape index (κ2) is 5.34. The average molecular weight is 272 g/mol. The Morgan fingerprint density at radius 3 is 2.65 bits per heavy atom. The minimum Gasteiger partial charge on any atom is -0.311 e. The van der Waals surface area contributed by atoms with Crippen LogP contribution in [0.15, 0.2) is 18.2 Å². The van der Waals surface area contributed by atoms with Crippen LogP contribution >= 0.6 is 0 Å². The van der Waals surface area contributed by atoms with E-state index in [-0.39, 0.29) is 23.7 Å². The SMILES string of the molecule is N#CCc1ccc(C(=O)C2CC3CCC(C2)N3)c(F)c1. The molecular weight excluding hydrogens is 255 g/mol. The van der Waals surface area contributed by atoms with Crippen LogP contribution in [-0.2, 0) is 6.42 Å². The summed E-state index contributed by atoms with van der Waals surface area (Å²) in [6.07, 6.45) is 4.04. The summed E-state index contributed by atoms with van der Waals surface area (Å²) in [5.41, 5.74) is 0.796. The maximum atomic E-state index is 14.0. The van der Waals surface area contributed by atoms with E-state index in [1.165, 1.54) is 12.1 Å². The van der Waals surface area contributed by atoms with E-state index in [2.05, 4.69) is 5.32 Å². The smallest absolute Gasteiger partial charge is 0.169 e. The topological polar surface area (TPSA) is 52.9 Å². The van der Waals surface area contributed by atoms with Crippen molar-refractivity contribution >= 4 is 5.78 Å². The fraction of sp³-hybridized carbons (Fsp3) is 0.500. The summed E-state index contributed by atoms with van der Waals surface area (Å²) < 4.78 is 14.0. The van der Waals surface area contributed by atoms with E-state index in [9.17, 15) is 9.18 Å². The molecule has 104 valence electrons. The number of rotatable bonds is 3. The minimum atomic E-state index is -0.492. The van der Waals surface area contributed by atoms with Crippen LogP contribution in [0.4, 0.5) is 4.39 Å². The fourth-order valence-electron chi connectivity index (χ4n) is 3.45. The summed E-state index contributed by atoms with van der Waals surface area (Å²) in [5, 5.41) is 12.1. The summed E-state index contributed by atoms with van der Waals surface area (Å²) in [6, 6.07) is 7.35. The molecule has 2 heterocycles. The number of Topliss-reactive ketones (excluding diaryl/α,β-unsaturated/α-hetero) is 1. The molecule has 3 nitrogen and oxygen atoms in total. The molecule has 0 saturated carbocycles. The van der Waals surface area contributed by atoms with Crippen molar-refractivity contribution in [1.29, 1.82) is 5.26 Å². The molecule has 2 bridgehead atoms. The molecule has 0 spiro atoms. The molecule has 0 amide bonds. The summed E-state index contributed by atoms with van der Waals surface area (Å²) in [7, 11) is 0. The molecule has 0 aromatic heterocycles. The highest BCUT2D eigenvalue weighted by Gasteiger charge is 2.37. The first kappa shape index (κ1) is 13.3. The number of benzene rings is 1. The second-order valence-corrected chi connectivity index (χ2v) is 5.82. The molecule has 2 fully saturated rings. The number of nitrogens with one attached hydrogen (secondary N) is 1. The highest BCUT2D eigenvalue weighted by Crippen LogP contribution is 2.33. The molecule has 4 heteroatoms. The standard InChI is InChI=1S/C16H17FN2O/c17-15-7-10(5-6-18)1-4-14(15)16(20)11-8-12-2-3-13(9-11)19-12/h1,4,7,11-13,19H,2-3,5,8-9H2. The van der Waals surface area contributed by atoms with E-state index in [0.29, 0.717) is 17.6 Å². The quantitative estimate of drug-likeness (QED) is 0.860. The van der Waals surface area contributed by atoms with Crippen LogP contribution in [0.2, 0.25) is 0 Å². The number of carbonyl (C=O) groups is 1. The molecule has 2 aliphatic heterocycles. The predicted molar refractivity (Wildman–Crippen MR) is 72.7 cm³/mol. The second-order valence-electron chi connectivity index (χ2n) is 5.82. The molecule has 0 aliphatic carbocycles. The zero-order chi connectivity index (χ0) is 14.1. The molecule has 2 aliphatic rings. The Morgan fingerprint density at radius 2 is 2.05 bits per heavy atom. The average Bonchev–Trinajstić information content (AvgIpc) is 2.77. The Bertz CT molecular complexity index is 566. The van der Waals surface area contributed by atoms with Crippen molar-refractivity contribution in [2.45, 2.75) is 44.2 Å². The van der Waals surface area contributed by atoms with Crippen molar-refractivity contribution in [2.24, 2.45) is 5.92 Å². The van der Waals surface area contributed by atoms with Crippen LogP contribution in [0, 0.1) is 23.1 Å². The lowest BCUT2D eigenvalue weighted by Crippen LogP contribution is -2.40. The largest absolute Gasteiger partial charge is 0.311 e. The van der Waals surface area contributed by atoms with Crippen LogP contribution in [0.1, 0.15) is 41.6 Å². The number of nitriles is 1. The molecule has 3 rings (SSSR count). The van der Waals surface area contributed by atoms with Gasteiger partial charge in [-0.2, -0.15) is 5.26 Å². The van der Waals surface area contributed by atoms with Gasteiger partial charge in [-0.25, -0.2) is 4.39 Å². The van der Waals surface area contributed by atoms with Crippen LogP contribution in [-0.4, -0.2) is 17.9 Å². The van der Waals surface area contributed by atoms with Gasteiger partial charge in [0, 0.05) is 18.0 Å². The summed E-state index contributed by atoms with van der Waals surface area (Å²) in [5.74, 6) is -0.636. The number of piperidine rings is 1. The molecule has 1 N–H and O–H groups in total. The van der Waals surface area contributed by atoms with Crippen molar-refractivity contribution in [2.75, 3.05) is 0 Å². The third-order valence-corrected chi connectivity index (χ3v) is 4.43. The number of hydrogen-bond acceptors (Lipinski definition) is 3. The van der Waals surface area contributed by atoms with E-state index in [1.54, 1.807) is 6.07 Å². The van der Waals surface area contributed by atoms with Crippen molar-refractivity contribution < 1.29 is 9.18 Å². The lowest BCUT2D eigenvalue weighted by atomic mass is 9.85. The molecule has 20 heavy (non-hydrogen) atoms. The van der Waals surface area contributed by atoms with Crippen LogP contribution in [0.3, 0.4) is 0 Å². The molecule has 2 atom stereocenters. The van der Waals surface area contributed by atoms with Gasteiger partial charge in [0.15, 0.2) is 5.78 Å². The van der Waals surface area contributed by atoms with Gasteiger partial charge in [0.25, 0.3) is 0 Å². The third-order valence-electron chi connectivity index (χ3n) is 4.43. The number of ketones is 1. The van der Waals surface area contributed by atoms with Crippen molar-refractivity contribution in [3.05, 3.63) is 35.1 Å². The maximum absolute atomic E-state index is 14.0. The van der Waals surface area contributed by atoms with E-state index in [4.69, 9.17) is 5.26 Å². The molecule has 0 radical (unpaired) electrons. The molecule has 1 aromatic rings. The van der Waals surface area contributed by atoms with Gasteiger partial charge in [-0.1, -0.05) is 6.07 Å². The number of fused-ring (bicyclic) bond motifs is 2. The zero-order valence-corrected chi connectivity index (χ0v) is 11.2. The Morgan fingerprint density at radius 1 is 1.35 bits per heavy atom. The van der Waals surface area contributed by atoms with Gasteiger partial charge in [-0.15, -0.1) is 0 Å². The van der Waals surface area contributed by atoms with E-state index in [0.717, 1.165) is 25.7 Å². The Hall–Kier alpha value is -1.73. The highest BCUT2D eigenvalue weighted by atomic mass is 19.1. The van der Waals surface area contributed by atoms with Crippen molar-refractivity contribution in [3.63, 3.8) is 0 Å². The van der Waals surface area contributed by atoms with E-state index >= 15 is 0 Å². The number of hydrogen-bond donors (Lipinski definition) is 1. The van der Waals surface area contributed by atoms with Crippen LogP contribution in [0.5, 0.6) is 0 Å². The summed E-state index contributed by atoms with van der Waals surface area (Å²) >= 11 is 0. The lowest BCUT2D eigenvalue weighted by Gasteiger charge is -2.28. The predicted octanol–water partition coefficient (Wildman–Crippen LogP) is 2.61. The van der Waals surface area contributed by atoms with Gasteiger partial charge in [-0.3, -0.25) is 4.79 Å². The normalized spacial score (nSPS) is 28.1. The van der Waals surface area contributed by atoms with Gasteiger partial charge in [0.05, 0.1) is 18.1 Å². The molecule has 1 aromatic carbocycles. The maximum Gasteiger partial charge on any atom is 0.169 e. The first-order valence-electron chi connectivity index (χ1n) is 7.13. The van der Waals surface area contributed by atoms with Gasteiger partial charge < -0.3 is 5.32 Å². The summed E-state index contributed by atoms with van der Waals surface area (Å²) in [6.45, 7) is 0. The lowest BCUT2D eigenvalue weighted by molar-refractivity contribution is 0.0871. The monoisotopic (exact) mass is 272 g/mol. The van der Waals surface area contributed by atoms with E-state index in [1.807, 2.05) is 6.07 Å². The number of carbonyl (C=O) groups excluding carboxylic acids is 1.